The number of hydrogen-bond acceptors (Lipinski definition) is 3. The second-order valence-corrected chi connectivity index (χ2v) is 6.19. The van der Waals surface area contributed by atoms with Gasteiger partial charge in [-0.3, -0.25) is 0 Å². The molecule has 2 atom stereocenters. The maximum Gasteiger partial charge on any atom is 0.0476 e. The van der Waals surface area contributed by atoms with Crippen LogP contribution in [0.3, 0.4) is 0 Å². The second kappa shape index (κ2) is 4.95. The van der Waals surface area contributed by atoms with Crippen LogP contribution in [-0.4, -0.2) is 32.1 Å². The van der Waals surface area contributed by atoms with E-state index < -0.39 is 0 Å². The van der Waals surface area contributed by atoms with Gasteiger partial charge in [-0.2, -0.15) is 0 Å². The summed E-state index contributed by atoms with van der Waals surface area (Å²) >= 11 is 5.39. The fraction of sp³-hybridized carbons (Fsp3) is 0.636. The lowest BCUT2D eigenvalue weighted by Crippen LogP contribution is -2.28. The van der Waals surface area contributed by atoms with Gasteiger partial charge in [-0.1, -0.05) is 0 Å². The lowest BCUT2D eigenvalue weighted by Gasteiger charge is -2.28. The first-order chi connectivity index (χ1) is 7.18. The van der Waals surface area contributed by atoms with Crippen LogP contribution in [0.1, 0.15) is 17.3 Å². The molecule has 1 aliphatic heterocycles. The summed E-state index contributed by atoms with van der Waals surface area (Å²) < 4.78 is 1.21. The molecule has 2 rings (SSSR count). The summed E-state index contributed by atoms with van der Waals surface area (Å²) in [5.74, 6) is 0.755. The Kier molecular flexibility index (Phi) is 3.83. The molecular formula is C11H17BrN2S. The molecule has 1 fully saturated rings. The molecule has 0 aromatic carbocycles. The highest BCUT2D eigenvalue weighted by Crippen LogP contribution is 2.35. The van der Waals surface area contributed by atoms with Gasteiger partial charge >= 0.3 is 0 Å². The molecule has 2 heterocycles. The van der Waals surface area contributed by atoms with E-state index in [0.717, 1.165) is 12.5 Å². The lowest BCUT2D eigenvalue weighted by molar-refractivity contribution is 0.227. The zero-order valence-corrected chi connectivity index (χ0v) is 11.6. The zero-order valence-electron chi connectivity index (χ0n) is 9.16. The average molecular weight is 289 g/mol. The molecule has 84 valence electrons. The number of nitrogens with one attached hydrogen (secondary N) is 1. The summed E-state index contributed by atoms with van der Waals surface area (Å²) in [7, 11) is 4.35. The van der Waals surface area contributed by atoms with Gasteiger partial charge in [0, 0.05) is 20.8 Å². The van der Waals surface area contributed by atoms with Gasteiger partial charge in [-0.25, -0.2) is 0 Å². The normalized spacial score (nSPS) is 23.6. The minimum atomic E-state index is 0.566. The van der Waals surface area contributed by atoms with Crippen molar-refractivity contribution < 1.29 is 0 Å². The molecule has 2 unspecified atom stereocenters. The predicted molar refractivity (Wildman–Crippen MR) is 69.4 cm³/mol. The monoisotopic (exact) mass is 288 g/mol. The molecule has 4 heteroatoms. The van der Waals surface area contributed by atoms with Crippen molar-refractivity contribution in [1.82, 2.24) is 10.2 Å². The number of rotatable bonds is 3. The molecule has 1 saturated heterocycles. The summed E-state index contributed by atoms with van der Waals surface area (Å²) in [5.41, 5.74) is 0. The molecule has 0 spiro atoms. The van der Waals surface area contributed by atoms with Gasteiger partial charge in [0.1, 0.15) is 0 Å². The third kappa shape index (κ3) is 2.61. The first-order valence-corrected chi connectivity index (χ1v) is 6.97. The highest BCUT2D eigenvalue weighted by atomic mass is 79.9. The molecule has 0 bridgehead atoms. The Balaban J connectivity index is 2.18. The Morgan fingerprint density at radius 3 is 2.87 bits per heavy atom. The van der Waals surface area contributed by atoms with E-state index in [-0.39, 0.29) is 0 Å². The standard InChI is InChI=1S/C11H17BrN2S/c1-14(2)11(8-3-4-13-6-8)10-5-9(12)7-15-10/h5,7-8,11,13H,3-4,6H2,1-2H3. The van der Waals surface area contributed by atoms with Crippen molar-refractivity contribution in [2.75, 3.05) is 27.2 Å². The first-order valence-electron chi connectivity index (χ1n) is 5.29. The van der Waals surface area contributed by atoms with E-state index in [0.29, 0.717) is 6.04 Å². The Bertz CT molecular complexity index is 318. The van der Waals surface area contributed by atoms with Crippen LogP contribution < -0.4 is 5.32 Å². The maximum atomic E-state index is 3.53. The van der Waals surface area contributed by atoms with Crippen LogP contribution >= 0.6 is 27.3 Å². The molecule has 0 amide bonds. The molecule has 0 radical (unpaired) electrons. The number of hydrogen-bond donors (Lipinski definition) is 1. The van der Waals surface area contributed by atoms with E-state index in [2.05, 4.69) is 51.7 Å². The van der Waals surface area contributed by atoms with Crippen molar-refractivity contribution in [2.45, 2.75) is 12.5 Å². The van der Waals surface area contributed by atoms with Crippen LogP contribution in [0, 0.1) is 5.92 Å². The van der Waals surface area contributed by atoms with Crippen molar-refractivity contribution in [2.24, 2.45) is 5.92 Å². The third-order valence-electron chi connectivity index (χ3n) is 2.98. The Labute approximate surface area is 104 Å². The van der Waals surface area contributed by atoms with Gasteiger partial charge in [0.2, 0.25) is 0 Å². The Hall–Kier alpha value is 0.1000. The lowest BCUT2D eigenvalue weighted by atomic mass is 9.97. The highest BCUT2D eigenvalue weighted by molar-refractivity contribution is 9.10. The Morgan fingerprint density at radius 1 is 1.60 bits per heavy atom. The van der Waals surface area contributed by atoms with Crippen molar-refractivity contribution in [3.05, 3.63) is 20.8 Å². The van der Waals surface area contributed by atoms with Crippen molar-refractivity contribution in [1.29, 1.82) is 0 Å². The molecular weight excluding hydrogens is 272 g/mol. The maximum absolute atomic E-state index is 3.53. The van der Waals surface area contributed by atoms with Crippen LogP contribution in [0.25, 0.3) is 0 Å². The molecule has 2 nitrogen and oxygen atoms in total. The summed E-state index contributed by atoms with van der Waals surface area (Å²) in [6.07, 6.45) is 1.29. The summed E-state index contributed by atoms with van der Waals surface area (Å²) in [4.78, 5) is 3.82. The fourth-order valence-electron chi connectivity index (χ4n) is 2.34. The third-order valence-corrected chi connectivity index (χ3v) is 4.74. The Morgan fingerprint density at radius 2 is 2.40 bits per heavy atom. The summed E-state index contributed by atoms with van der Waals surface area (Å²) in [6.45, 7) is 2.32. The van der Waals surface area contributed by atoms with Gasteiger partial charge in [0.05, 0.1) is 0 Å². The van der Waals surface area contributed by atoms with Crippen LogP contribution in [0.15, 0.2) is 15.9 Å². The molecule has 0 saturated carbocycles. The molecule has 1 aromatic heterocycles. The SMILES string of the molecule is CN(C)C(c1cc(Br)cs1)C1CCNC1. The highest BCUT2D eigenvalue weighted by Gasteiger charge is 2.28. The van der Waals surface area contributed by atoms with E-state index in [1.165, 1.54) is 22.3 Å². The van der Waals surface area contributed by atoms with Gasteiger partial charge in [-0.15, -0.1) is 11.3 Å². The minimum Gasteiger partial charge on any atom is -0.316 e. The zero-order chi connectivity index (χ0) is 10.8. The average Bonchev–Trinajstić information content (AvgIpc) is 2.77. The minimum absolute atomic E-state index is 0.566. The van der Waals surface area contributed by atoms with E-state index in [1.54, 1.807) is 0 Å². The van der Waals surface area contributed by atoms with Crippen molar-refractivity contribution >= 4 is 27.3 Å². The van der Waals surface area contributed by atoms with E-state index in [9.17, 15) is 0 Å². The number of thiophene rings is 1. The summed E-state index contributed by atoms with van der Waals surface area (Å²) in [6, 6.07) is 2.82. The molecule has 1 aromatic rings. The summed E-state index contributed by atoms with van der Waals surface area (Å²) in [5, 5.41) is 5.63. The van der Waals surface area contributed by atoms with E-state index in [1.807, 2.05) is 11.3 Å². The van der Waals surface area contributed by atoms with Crippen LogP contribution in [0.5, 0.6) is 0 Å². The molecule has 0 aliphatic carbocycles. The number of halogens is 1. The van der Waals surface area contributed by atoms with Gasteiger partial charge in [-0.05, 0) is 61.5 Å². The van der Waals surface area contributed by atoms with E-state index >= 15 is 0 Å². The topological polar surface area (TPSA) is 15.3 Å². The second-order valence-electron chi connectivity index (χ2n) is 4.33. The predicted octanol–water partition coefficient (Wildman–Crippen LogP) is 2.72. The van der Waals surface area contributed by atoms with Crippen LogP contribution in [-0.2, 0) is 0 Å². The van der Waals surface area contributed by atoms with Gasteiger partial charge in [0.15, 0.2) is 0 Å². The van der Waals surface area contributed by atoms with Gasteiger partial charge in [0.25, 0.3) is 0 Å². The van der Waals surface area contributed by atoms with Crippen molar-refractivity contribution in [3.8, 4) is 0 Å². The largest absolute Gasteiger partial charge is 0.316 e. The van der Waals surface area contributed by atoms with Crippen LogP contribution in [0.2, 0.25) is 0 Å². The quantitative estimate of drug-likeness (QED) is 0.920. The molecule has 15 heavy (non-hydrogen) atoms. The smallest absolute Gasteiger partial charge is 0.0476 e. The van der Waals surface area contributed by atoms with Crippen molar-refractivity contribution in [3.63, 3.8) is 0 Å². The molecule has 1 aliphatic rings. The number of nitrogens with zero attached hydrogens (tertiary/aromatic N) is 1. The fourth-order valence-corrected chi connectivity index (χ4v) is 4.07. The molecule has 1 N–H and O–H groups in total. The first kappa shape index (κ1) is 11.6. The van der Waals surface area contributed by atoms with E-state index in [4.69, 9.17) is 0 Å². The van der Waals surface area contributed by atoms with Gasteiger partial charge < -0.3 is 10.2 Å². The van der Waals surface area contributed by atoms with Crippen LogP contribution in [0.4, 0.5) is 0 Å².